The molecule has 2 saturated heterocycles. The molecule has 6 rings (SSSR count). The monoisotopic (exact) mass is 748 g/mol. The van der Waals surface area contributed by atoms with E-state index in [0.717, 1.165) is 24.3 Å². The summed E-state index contributed by atoms with van der Waals surface area (Å²) in [7, 11) is 0. The van der Waals surface area contributed by atoms with E-state index in [0.29, 0.717) is 12.1 Å². The highest BCUT2D eigenvalue weighted by Crippen LogP contribution is 2.41. The average Bonchev–Trinajstić information content (AvgIpc) is 3.41. The standard InChI is InChI=1S/C33H32O20/c34-8-19-23(43)26(46)30(51-31(47)11-4-16(40)22(42)17(41)5-11)33(49-19)53-29-24(44)20(9-35)50-32(29)52-28-25(45)21-15(39)6-12(36)7-18(21)48-27(28)10-1-2-13(37)14(38)3-10/h1-7,19-20,23-24,26,29-30,32-44,46H,8-9H2/t19?,20-,23-,24?,26+,29+,30?,32+,33+/m1/s1. The molecule has 0 spiro atoms. The minimum atomic E-state index is -2.07. The van der Waals surface area contributed by atoms with Gasteiger partial charge in [0.15, 0.2) is 53.0 Å². The van der Waals surface area contributed by atoms with Gasteiger partial charge in [0.2, 0.25) is 17.5 Å². The molecule has 0 saturated carbocycles. The number of benzene rings is 3. The molecule has 2 aliphatic rings. The van der Waals surface area contributed by atoms with Crippen molar-refractivity contribution in [2.45, 2.75) is 55.3 Å². The Morgan fingerprint density at radius 1 is 0.698 bits per heavy atom. The predicted molar refractivity (Wildman–Crippen MR) is 170 cm³/mol. The average molecular weight is 749 g/mol. The number of hydrogen-bond acceptors (Lipinski definition) is 20. The minimum Gasteiger partial charge on any atom is -0.508 e. The second-order valence-corrected chi connectivity index (χ2v) is 12.0. The van der Waals surface area contributed by atoms with Crippen LogP contribution < -0.4 is 10.2 Å². The van der Waals surface area contributed by atoms with E-state index in [1.807, 2.05) is 0 Å². The molecule has 12 N–H and O–H groups in total. The summed E-state index contributed by atoms with van der Waals surface area (Å²) >= 11 is 0. The summed E-state index contributed by atoms with van der Waals surface area (Å²) in [5, 5.41) is 122. The van der Waals surface area contributed by atoms with Gasteiger partial charge in [-0.05, 0) is 30.3 Å². The summed E-state index contributed by atoms with van der Waals surface area (Å²) < 4.78 is 34.1. The molecule has 20 nitrogen and oxygen atoms in total. The first-order valence-electron chi connectivity index (χ1n) is 15.5. The van der Waals surface area contributed by atoms with Crippen LogP contribution in [0.4, 0.5) is 0 Å². The van der Waals surface area contributed by atoms with Crippen molar-refractivity contribution in [1.29, 1.82) is 0 Å². The van der Waals surface area contributed by atoms with Crippen LogP contribution in [0.1, 0.15) is 10.4 Å². The summed E-state index contributed by atoms with van der Waals surface area (Å²) in [4.78, 5) is 27.0. The zero-order valence-corrected chi connectivity index (χ0v) is 26.8. The van der Waals surface area contributed by atoms with Crippen LogP contribution >= 0.6 is 0 Å². The molecule has 2 aliphatic heterocycles. The first-order valence-corrected chi connectivity index (χ1v) is 15.5. The van der Waals surface area contributed by atoms with Crippen molar-refractivity contribution in [2.24, 2.45) is 0 Å². The first-order chi connectivity index (χ1) is 25.1. The SMILES string of the molecule is O=C(OC1[C@H](O[C@H]2C(O)[C@@H](CO)O[C@H]2Oc2c(-c3ccc(O)c(O)c3)oc3cc(O)cc(O)c3c2=O)OC(CO)[C@@H](O)[C@@H]1O)c1cc(O)c(O)c(O)c1. The number of aliphatic hydroxyl groups excluding tert-OH is 5. The van der Waals surface area contributed by atoms with Gasteiger partial charge in [0.25, 0.3) is 0 Å². The molecule has 1 aromatic heterocycles. The topological polar surface area (TPSA) is 336 Å². The number of aliphatic hydroxyl groups is 5. The molecule has 0 amide bonds. The number of aromatic hydroxyl groups is 7. The summed E-state index contributed by atoms with van der Waals surface area (Å²) in [5.41, 5.74) is -2.09. The zero-order valence-electron chi connectivity index (χ0n) is 26.8. The lowest BCUT2D eigenvalue weighted by Crippen LogP contribution is -2.61. The number of ether oxygens (including phenoxy) is 5. The van der Waals surface area contributed by atoms with Gasteiger partial charge in [0, 0.05) is 17.7 Å². The third-order valence-electron chi connectivity index (χ3n) is 8.53. The first kappa shape index (κ1) is 37.2. The number of phenols is 7. The maximum Gasteiger partial charge on any atom is 0.338 e. The van der Waals surface area contributed by atoms with Crippen molar-refractivity contribution < 1.29 is 94.2 Å². The van der Waals surface area contributed by atoms with E-state index in [1.54, 1.807) is 0 Å². The van der Waals surface area contributed by atoms with Crippen LogP contribution in [0.5, 0.6) is 46.0 Å². The number of phenolic OH excluding ortho intramolecular Hbond substituents is 7. The highest BCUT2D eigenvalue weighted by atomic mass is 16.8. The van der Waals surface area contributed by atoms with Gasteiger partial charge in [-0.1, -0.05) is 0 Å². The summed E-state index contributed by atoms with van der Waals surface area (Å²) in [6.07, 6.45) is -16.7. The molecule has 2 fully saturated rings. The molecule has 0 bridgehead atoms. The molecule has 9 atom stereocenters. The Morgan fingerprint density at radius 2 is 1.34 bits per heavy atom. The smallest absolute Gasteiger partial charge is 0.338 e. The Bertz CT molecular complexity index is 2060. The number of fused-ring (bicyclic) bond motifs is 1. The van der Waals surface area contributed by atoms with Crippen molar-refractivity contribution in [3.63, 3.8) is 0 Å². The number of rotatable bonds is 9. The molecule has 0 aliphatic carbocycles. The Morgan fingerprint density at radius 3 is 1.98 bits per heavy atom. The van der Waals surface area contributed by atoms with Crippen LogP contribution in [0.3, 0.4) is 0 Å². The van der Waals surface area contributed by atoms with Gasteiger partial charge >= 0.3 is 5.97 Å². The van der Waals surface area contributed by atoms with E-state index in [4.69, 9.17) is 28.1 Å². The second kappa shape index (κ2) is 14.4. The van der Waals surface area contributed by atoms with E-state index in [1.165, 1.54) is 6.07 Å². The summed E-state index contributed by atoms with van der Waals surface area (Å²) in [5.74, 6) is -7.83. The predicted octanol–water partition coefficient (Wildman–Crippen LogP) is -1.09. The van der Waals surface area contributed by atoms with Gasteiger partial charge in [-0.25, -0.2) is 4.79 Å². The normalized spacial score (nSPS) is 27.2. The van der Waals surface area contributed by atoms with E-state index in [2.05, 4.69) is 0 Å². The Kier molecular flexibility index (Phi) is 10.1. The number of hydrogen-bond donors (Lipinski definition) is 12. The van der Waals surface area contributed by atoms with Crippen LogP contribution in [-0.4, -0.2) is 136 Å². The molecule has 4 aromatic rings. The molecule has 3 heterocycles. The van der Waals surface area contributed by atoms with Gasteiger partial charge in [-0.2, -0.15) is 0 Å². The fourth-order valence-electron chi connectivity index (χ4n) is 5.80. The number of carbonyl (C=O) groups is 1. The van der Waals surface area contributed by atoms with Crippen LogP contribution in [0, 0.1) is 0 Å². The van der Waals surface area contributed by atoms with Crippen molar-refractivity contribution in [1.82, 2.24) is 0 Å². The largest absolute Gasteiger partial charge is 0.508 e. The molecule has 3 aromatic carbocycles. The maximum atomic E-state index is 13.9. The Hall–Kier alpha value is -5.58. The van der Waals surface area contributed by atoms with Gasteiger partial charge in [0.05, 0.1) is 18.8 Å². The number of carbonyl (C=O) groups excluding carboxylic acids is 1. The zero-order chi connectivity index (χ0) is 38.5. The Balaban J connectivity index is 1.39. The lowest BCUT2D eigenvalue weighted by Gasteiger charge is -2.42. The Labute approximate surface area is 295 Å². The molecular formula is C33H32O20. The van der Waals surface area contributed by atoms with Crippen LogP contribution in [0.15, 0.2) is 51.7 Å². The van der Waals surface area contributed by atoms with Crippen molar-refractivity contribution in [3.8, 4) is 57.3 Å². The maximum absolute atomic E-state index is 13.9. The lowest BCUT2D eigenvalue weighted by atomic mass is 9.98. The number of esters is 1. The van der Waals surface area contributed by atoms with Gasteiger partial charge in [0.1, 0.15) is 53.0 Å². The van der Waals surface area contributed by atoms with Crippen LogP contribution in [-0.2, 0) is 18.9 Å². The van der Waals surface area contributed by atoms with E-state index in [-0.39, 0.29) is 11.1 Å². The molecular weight excluding hydrogens is 716 g/mol. The fourth-order valence-corrected chi connectivity index (χ4v) is 5.80. The van der Waals surface area contributed by atoms with Crippen LogP contribution in [0.2, 0.25) is 0 Å². The highest BCUT2D eigenvalue weighted by Gasteiger charge is 2.53. The summed E-state index contributed by atoms with van der Waals surface area (Å²) in [6, 6.07) is 6.47. The van der Waals surface area contributed by atoms with Crippen molar-refractivity contribution >= 4 is 16.9 Å². The molecule has 0 radical (unpaired) electrons. The quantitative estimate of drug-likeness (QED) is 0.0714. The molecule has 53 heavy (non-hydrogen) atoms. The molecule has 20 heteroatoms. The summed E-state index contributed by atoms with van der Waals surface area (Å²) in [6.45, 7) is -1.79. The third kappa shape index (κ3) is 6.88. The van der Waals surface area contributed by atoms with Crippen molar-refractivity contribution in [3.05, 3.63) is 58.3 Å². The molecule has 284 valence electrons. The van der Waals surface area contributed by atoms with Gasteiger partial charge < -0.3 is 89.4 Å². The minimum absolute atomic E-state index is 0.0938. The second-order valence-electron chi connectivity index (χ2n) is 12.0. The van der Waals surface area contributed by atoms with Gasteiger partial charge in [-0.15, -0.1) is 0 Å². The third-order valence-corrected chi connectivity index (χ3v) is 8.53. The van der Waals surface area contributed by atoms with E-state index in [9.17, 15) is 70.9 Å². The van der Waals surface area contributed by atoms with Gasteiger partial charge in [-0.3, -0.25) is 4.79 Å². The molecule has 3 unspecified atom stereocenters. The van der Waals surface area contributed by atoms with Crippen molar-refractivity contribution in [2.75, 3.05) is 13.2 Å². The van der Waals surface area contributed by atoms with E-state index < -0.39 is 143 Å². The fraction of sp³-hybridized carbons (Fsp3) is 0.333. The lowest BCUT2D eigenvalue weighted by molar-refractivity contribution is -0.322. The van der Waals surface area contributed by atoms with E-state index >= 15 is 0 Å². The highest BCUT2D eigenvalue weighted by molar-refractivity contribution is 5.91. The van der Waals surface area contributed by atoms with Crippen LogP contribution in [0.25, 0.3) is 22.3 Å².